The van der Waals surface area contributed by atoms with Crippen LogP contribution in [0.1, 0.15) is 11.3 Å². The van der Waals surface area contributed by atoms with Gasteiger partial charge in [0.05, 0.1) is 6.42 Å². The molecule has 1 heterocycles. The van der Waals surface area contributed by atoms with Crippen LogP contribution in [0.2, 0.25) is 0 Å². The lowest BCUT2D eigenvalue weighted by atomic mass is 10.2. The Morgan fingerprint density at radius 3 is 3.00 bits per heavy atom. The Hall–Kier alpha value is -1.38. The maximum atomic E-state index is 10.3. The van der Waals surface area contributed by atoms with Gasteiger partial charge in [-0.25, -0.2) is 0 Å². The first-order chi connectivity index (χ1) is 5.18. The highest BCUT2D eigenvalue weighted by atomic mass is 16.4. The van der Waals surface area contributed by atoms with Gasteiger partial charge in [0.2, 0.25) is 0 Å². The van der Waals surface area contributed by atoms with E-state index in [9.17, 15) is 4.79 Å². The normalized spacial score (nSPS) is 9.55. The van der Waals surface area contributed by atoms with Crippen molar-refractivity contribution in [1.82, 2.24) is 4.98 Å². The van der Waals surface area contributed by atoms with E-state index in [4.69, 9.17) is 5.11 Å². The molecule has 3 heteroatoms. The molecule has 0 amide bonds. The van der Waals surface area contributed by atoms with E-state index in [1.54, 1.807) is 18.3 Å². The molecular formula is C8H9NO2. The number of aliphatic carboxylic acids is 1. The number of aromatic nitrogens is 1. The van der Waals surface area contributed by atoms with Crippen LogP contribution >= 0.6 is 0 Å². The van der Waals surface area contributed by atoms with Gasteiger partial charge in [0.25, 0.3) is 0 Å². The number of hydrogen-bond donors (Lipinski definition) is 1. The fourth-order valence-corrected chi connectivity index (χ4v) is 0.889. The number of pyridine rings is 1. The summed E-state index contributed by atoms with van der Waals surface area (Å²) in [5.41, 5.74) is 1.65. The molecule has 0 aliphatic rings. The van der Waals surface area contributed by atoms with Crippen molar-refractivity contribution in [2.24, 2.45) is 0 Å². The Morgan fingerprint density at radius 2 is 2.45 bits per heavy atom. The van der Waals surface area contributed by atoms with E-state index in [0.717, 1.165) is 11.3 Å². The summed E-state index contributed by atoms with van der Waals surface area (Å²) in [7, 11) is 0. The first-order valence-corrected chi connectivity index (χ1v) is 3.32. The summed E-state index contributed by atoms with van der Waals surface area (Å²) in [6.45, 7) is 1.84. The van der Waals surface area contributed by atoms with Crippen molar-refractivity contribution >= 4 is 5.97 Å². The Kier molecular flexibility index (Phi) is 2.21. The van der Waals surface area contributed by atoms with Crippen LogP contribution in [0.5, 0.6) is 0 Å². The second-order valence-electron chi connectivity index (χ2n) is 2.38. The number of carboxylic acid groups (broad SMARTS) is 1. The second kappa shape index (κ2) is 3.14. The molecule has 1 N–H and O–H groups in total. The Bertz CT molecular complexity index is 271. The summed E-state index contributed by atoms with van der Waals surface area (Å²) < 4.78 is 0. The fourth-order valence-electron chi connectivity index (χ4n) is 0.889. The summed E-state index contributed by atoms with van der Waals surface area (Å²) in [6.07, 6.45) is 1.69. The Balaban J connectivity index is 2.79. The molecule has 0 fully saturated rings. The molecule has 1 aromatic rings. The van der Waals surface area contributed by atoms with Gasteiger partial charge in [-0.3, -0.25) is 9.78 Å². The highest BCUT2D eigenvalue weighted by molar-refractivity contribution is 5.70. The number of hydrogen-bond acceptors (Lipinski definition) is 2. The average molecular weight is 151 g/mol. The van der Waals surface area contributed by atoms with Gasteiger partial charge in [0.1, 0.15) is 0 Å². The van der Waals surface area contributed by atoms with Crippen molar-refractivity contribution in [3.05, 3.63) is 29.6 Å². The highest BCUT2D eigenvalue weighted by Crippen LogP contribution is 2.00. The highest BCUT2D eigenvalue weighted by Gasteiger charge is 1.99. The van der Waals surface area contributed by atoms with E-state index in [-0.39, 0.29) is 6.42 Å². The maximum Gasteiger partial charge on any atom is 0.307 e. The molecule has 11 heavy (non-hydrogen) atoms. The minimum absolute atomic E-state index is 0.0728. The minimum Gasteiger partial charge on any atom is -0.481 e. The fraction of sp³-hybridized carbons (Fsp3) is 0.250. The van der Waals surface area contributed by atoms with E-state index < -0.39 is 5.97 Å². The molecule has 0 atom stereocenters. The smallest absolute Gasteiger partial charge is 0.307 e. The van der Waals surface area contributed by atoms with Gasteiger partial charge < -0.3 is 5.11 Å². The predicted octanol–water partition coefficient (Wildman–Crippen LogP) is 1.02. The lowest BCUT2D eigenvalue weighted by Gasteiger charge is -1.96. The zero-order valence-electron chi connectivity index (χ0n) is 6.24. The van der Waals surface area contributed by atoms with Gasteiger partial charge in [-0.1, -0.05) is 0 Å². The summed E-state index contributed by atoms with van der Waals surface area (Å²) in [4.78, 5) is 14.2. The van der Waals surface area contributed by atoms with E-state index in [1.807, 2.05) is 6.92 Å². The number of carbonyl (C=O) groups is 1. The zero-order valence-corrected chi connectivity index (χ0v) is 6.24. The molecule has 0 saturated heterocycles. The molecular weight excluding hydrogens is 142 g/mol. The lowest BCUT2D eigenvalue weighted by molar-refractivity contribution is -0.136. The first kappa shape index (κ1) is 7.72. The number of nitrogens with zero attached hydrogens (tertiary/aromatic N) is 1. The van der Waals surface area contributed by atoms with Gasteiger partial charge in [-0.15, -0.1) is 0 Å². The molecule has 1 aromatic heterocycles. The molecule has 3 nitrogen and oxygen atoms in total. The molecule has 58 valence electrons. The van der Waals surface area contributed by atoms with Crippen LogP contribution in [0.3, 0.4) is 0 Å². The zero-order chi connectivity index (χ0) is 8.27. The number of rotatable bonds is 2. The molecule has 0 unspecified atom stereocenters. The van der Waals surface area contributed by atoms with Crippen LogP contribution < -0.4 is 0 Å². The van der Waals surface area contributed by atoms with Gasteiger partial charge >= 0.3 is 5.97 Å². The molecule has 0 aliphatic heterocycles. The van der Waals surface area contributed by atoms with Gasteiger partial charge in [0, 0.05) is 11.9 Å². The van der Waals surface area contributed by atoms with Crippen LogP contribution in [0.15, 0.2) is 18.3 Å². The van der Waals surface area contributed by atoms with Crippen molar-refractivity contribution in [2.75, 3.05) is 0 Å². The maximum absolute atomic E-state index is 10.3. The third-order valence-corrected chi connectivity index (χ3v) is 1.32. The van der Waals surface area contributed by atoms with Crippen LogP contribution in [0.25, 0.3) is 0 Å². The largest absolute Gasteiger partial charge is 0.481 e. The number of carboxylic acids is 1. The van der Waals surface area contributed by atoms with Crippen molar-refractivity contribution in [3.63, 3.8) is 0 Å². The van der Waals surface area contributed by atoms with Crippen LogP contribution in [0, 0.1) is 6.92 Å². The molecule has 0 aromatic carbocycles. The van der Waals surface area contributed by atoms with E-state index in [1.165, 1.54) is 0 Å². The summed E-state index contributed by atoms with van der Waals surface area (Å²) in [6, 6.07) is 3.48. The van der Waals surface area contributed by atoms with Crippen LogP contribution in [0.4, 0.5) is 0 Å². The monoisotopic (exact) mass is 151 g/mol. The van der Waals surface area contributed by atoms with Crippen LogP contribution in [-0.2, 0) is 11.2 Å². The van der Waals surface area contributed by atoms with Crippen molar-refractivity contribution in [1.29, 1.82) is 0 Å². The van der Waals surface area contributed by atoms with Crippen molar-refractivity contribution < 1.29 is 9.90 Å². The number of aryl methyl sites for hydroxylation is 1. The first-order valence-electron chi connectivity index (χ1n) is 3.32. The summed E-state index contributed by atoms with van der Waals surface area (Å²) in [5, 5.41) is 8.44. The molecule has 0 radical (unpaired) electrons. The Labute approximate surface area is 64.7 Å². The quantitative estimate of drug-likeness (QED) is 0.686. The van der Waals surface area contributed by atoms with Crippen molar-refractivity contribution in [2.45, 2.75) is 13.3 Å². The molecule has 0 spiro atoms. The molecule has 0 aliphatic carbocycles. The van der Waals surface area contributed by atoms with E-state index in [2.05, 4.69) is 4.98 Å². The third kappa shape index (κ3) is 2.37. The van der Waals surface area contributed by atoms with Crippen molar-refractivity contribution in [3.8, 4) is 0 Å². The Morgan fingerprint density at radius 1 is 1.73 bits per heavy atom. The summed E-state index contributed by atoms with van der Waals surface area (Å²) >= 11 is 0. The second-order valence-corrected chi connectivity index (χ2v) is 2.38. The molecule has 0 saturated carbocycles. The molecule has 0 bridgehead atoms. The average Bonchev–Trinajstić information content (AvgIpc) is 1.85. The summed E-state index contributed by atoms with van der Waals surface area (Å²) in [5.74, 6) is -0.810. The molecule has 1 rings (SSSR count). The third-order valence-electron chi connectivity index (χ3n) is 1.32. The lowest BCUT2D eigenvalue weighted by Crippen LogP contribution is -2.00. The van der Waals surface area contributed by atoms with Gasteiger partial charge in [-0.2, -0.15) is 0 Å². The SMILES string of the molecule is Cc1cc(CC(=O)O)ccn1. The minimum atomic E-state index is -0.810. The predicted molar refractivity (Wildman–Crippen MR) is 40.3 cm³/mol. The van der Waals surface area contributed by atoms with E-state index in [0.29, 0.717) is 0 Å². The van der Waals surface area contributed by atoms with Gasteiger partial charge in [-0.05, 0) is 24.6 Å². The standard InChI is InChI=1S/C8H9NO2/c1-6-4-7(2-3-9-6)5-8(10)11/h2-4H,5H2,1H3,(H,10,11). The van der Waals surface area contributed by atoms with E-state index >= 15 is 0 Å². The van der Waals surface area contributed by atoms with Crippen LogP contribution in [-0.4, -0.2) is 16.1 Å². The topological polar surface area (TPSA) is 50.2 Å². The van der Waals surface area contributed by atoms with Gasteiger partial charge in [0.15, 0.2) is 0 Å².